The molecule has 7 heteroatoms. The summed E-state index contributed by atoms with van der Waals surface area (Å²) in [6.07, 6.45) is 0.632. The first kappa shape index (κ1) is 26.5. The van der Waals surface area contributed by atoms with Crippen LogP contribution in [0.3, 0.4) is 0 Å². The van der Waals surface area contributed by atoms with Gasteiger partial charge in [-0.2, -0.15) is 0 Å². The summed E-state index contributed by atoms with van der Waals surface area (Å²) in [6, 6.07) is 23.3. The van der Waals surface area contributed by atoms with Gasteiger partial charge < -0.3 is 19.6 Å². The third kappa shape index (κ3) is 6.33. The van der Waals surface area contributed by atoms with Crippen LogP contribution in [-0.4, -0.2) is 28.4 Å². The highest BCUT2D eigenvalue weighted by Gasteiger charge is 2.25. The Balaban J connectivity index is 1.30. The molecule has 2 heterocycles. The fourth-order valence-corrected chi connectivity index (χ4v) is 5.11. The van der Waals surface area contributed by atoms with Crippen molar-refractivity contribution in [3.8, 4) is 11.5 Å². The molecule has 200 valence electrons. The highest BCUT2D eigenvalue weighted by molar-refractivity contribution is 5.87. The van der Waals surface area contributed by atoms with E-state index in [1.165, 1.54) is 0 Å². The molecular formula is C32H32N2O5. The van der Waals surface area contributed by atoms with Crippen molar-refractivity contribution < 1.29 is 23.8 Å². The number of carbonyl (C=O) groups excluding carboxylic acids is 1. The zero-order valence-electron chi connectivity index (χ0n) is 22.0. The number of hydrogen-bond donors (Lipinski definition) is 2. The van der Waals surface area contributed by atoms with Gasteiger partial charge in [0.25, 0.3) is 0 Å². The van der Waals surface area contributed by atoms with Crippen molar-refractivity contribution in [1.82, 2.24) is 10.3 Å². The summed E-state index contributed by atoms with van der Waals surface area (Å²) in [7, 11) is 0. The molecule has 39 heavy (non-hydrogen) atoms. The Morgan fingerprint density at radius 3 is 2.33 bits per heavy atom. The number of aromatic nitrogens is 1. The zero-order chi connectivity index (χ0) is 27.2. The van der Waals surface area contributed by atoms with Gasteiger partial charge in [-0.1, -0.05) is 60.7 Å². The van der Waals surface area contributed by atoms with E-state index in [-0.39, 0.29) is 18.6 Å². The van der Waals surface area contributed by atoms with Crippen molar-refractivity contribution in [3.05, 3.63) is 112 Å². The Hall–Kier alpha value is -4.07. The molecule has 1 unspecified atom stereocenters. The maximum Gasteiger partial charge on any atom is 0.303 e. The van der Waals surface area contributed by atoms with Crippen LogP contribution in [-0.2, 0) is 46.7 Å². The minimum atomic E-state index is -0.811. The van der Waals surface area contributed by atoms with E-state index >= 15 is 0 Å². The summed E-state index contributed by atoms with van der Waals surface area (Å²) >= 11 is 0. The Bertz CT molecular complexity index is 1450. The first-order chi connectivity index (χ1) is 19.0. The van der Waals surface area contributed by atoms with E-state index in [1.807, 2.05) is 79.7 Å². The molecule has 1 atom stereocenters. The number of carboxylic acids is 1. The minimum absolute atomic E-state index is 0.0181. The van der Waals surface area contributed by atoms with Crippen LogP contribution in [0.15, 0.2) is 77.2 Å². The van der Waals surface area contributed by atoms with Crippen molar-refractivity contribution in [2.24, 2.45) is 0 Å². The van der Waals surface area contributed by atoms with E-state index < -0.39 is 12.1 Å². The summed E-state index contributed by atoms with van der Waals surface area (Å²) in [4.78, 5) is 29.4. The fourth-order valence-electron chi connectivity index (χ4n) is 5.11. The molecule has 1 aliphatic rings. The van der Waals surface area contributed by atoms with E-state index in [0.29, 0.717) is 38.4 Å². The molecule has 0 bridgehead atoms. The number of aliphatic carboxylic acids is 1. The first-order valence-corrected chi connectivity index (χ1v) is 13.3. The number of ether oxygens (including phenoxy) is 1. The largest absolute Gasteiger partial charge is 0.481 e. The lowest BCUT2D eigenvalue weighted by molar-refractivity contribution is -0.137. The number of hydrogen-bond acceptors (Lipinski definition) is 6. The zero-order valence-corrected chi connectivity index (χ0v) is 22.0. The molecule has 1 aromatic heterocycles. The summed E-state index contributed by atoms with van der Waals surface area (Å²) in [5.41, 5.74) is 6.76. The quantitative estimate of drug-likeness (QED) is 0.256. The number of oxazole rings is 1. The van der Waals surface area contributed by atoms with Gasteiger partial charge in [0.1, 0.15) is 11.9 Å². The van der Waals surface area contributed by atoms with Crippen LogP contribution in [0.25, 0.3) is 11.5 Å². The lowest BCUT2D eigenvalue weighted by Gasteiger charge is -2.19. The molecular weight excluding hydrogens is 492 g/mol. The Morgan fingerprint density at radius 1 is 0.949 bits per heavy atom. The van der Waals surface area contributed by atoms with Crippen LogP contribution >= 0.6 is 0 Å². The van der Waals surface area contributed by atoms with Crippen LogP contribution in [0.1, 0.15) is 51.8 Å². The number of benzene rings is 3. The average molecular weight is 525 g/mol. The first-order valence-electron chi connectivity index (χ1n) is 13.3. The second-order valence-corrected chi connectivity index (χ2v) is 9.78. The molecule has 3 aromatic carbocycles. The number of Topliss-reactive ketones (excluding diaryl/α,β-unsaturated/α-hetero) is 1. The number of nitrogens with one attached hydrogen (secondary N) is 1. The molecule has 5 rings (SSSR count). The van der Waals surface area contributed by atoms with E-state index in [1.54, 1.807) is 0 Å². The van der Waals surface area contributed by atoms with Gasteiger partial charge in [-0.3, -0.25) is 9.59 Å². The molecule has 4 aromatic rings. The molecule has 0 radical (unpaired) electrons. The summed E-state index contributed by atoms with van der Waals surface area (Å²) < 4.78 is 12.1. The standard InChI is InChI=1S/C32H32N2O5/c1-21-28(34-32(39-21)24-10-6-3-7-11-24)16-17-38-31(23-8-4-2-5-9-23)29(35)18-25-13-12-22(14-15-30(36)37)26-19-33-20-27(25)26/h2-13,31,33H,14-20H2,1H3,(H,36,37). The van der Waals surface area contributed by atoms with Gasteiger partial charge in [0, 0.05) is 37.9 Å². The third-order valence-corrected chi connectivity index (χ3v) is 7.13. The maximum absolute atomic E-state index is 13.7. The van der Waals surface area contributed by atoms with Crippen molar-refractivity contribution in [2.45, 2.75) is 51.8 Å². The van der Waals surface area contributed by atoms with Crippen LogP contribution in [0, 0.1) is 6.92 Å². The van der Waals surface area contributed by atoms with Gasteiger partial charge >= 0.3 is 5.97 Å². The highest BCUT2D eigenvalue weighted by Crippen LogP contribution is 2.28. The highest BCUT2D eigenvalue weighted by atomic mass is 16.5. The Morgan fingerprint density at radius 2 is 1.62 bits per heavy atom. The number of carbonyl (C=O) groups is 2. The summed E-state index contributed by atoms with van der Waals surface area (Å²) in [5, 5.41) is 12.5. The van der Waals surface area contributed by atoms with E-state index in [2.05, 4.69) is 10.3 Å². The second-order valence-electron chi connectivity index (χ2n) is 9.78. The maximum atomic E-state index is 13.7. The predicted octanol–water partition coefficient (Wildman–Crippen LogP) is 5.38. The second kappa shape index (κ2) is 12.2. The van der Waals surface area contributed by atoms with Crippen LogP contribution < -0.4 is 5.32 Å². The van der Waals surface area contributed by atoms with E-state index in [9.17, 15) is 9.59 Å². The topological polar surface area (TPSA) is 102 Å². The molecule has 0 aliphatic carbocycles. The number of ketones is 1. The predicted molar refractivity (Wildman–Crippen MR) is 147 cm³/mol. The Labute approximate surface area is 227 Å². The lowest BCUT2D eigenvalue weighted by atomic mass is 9.91. The fraction of sp³-hybridized carbons (Fsp3) is 0.281. The number of fused-ring (bicyclic) bond motifs is 1. The van der Waals surface area contributed by atoms with Crippen LogP contribution in [0.2, 0.25) is 0 Å². The monoisotopic (exact) mass is 524 g/mol. The Kier molecular flexibility index (Phi) is 8.30. The van der Waals surface area contributed by atoms with Gasteiger partial charge in [0.15, 0.2) is 5.78 Å². The molecule has 2 N–H and O–H groups in total. The van der Waals surface area contributed by atoms with E-state index in [4.69, 9.17) is 14.3 Å². The SMILES string of the molecule is Cc1oc(-c2ccccc2)nc1CCOC(C(=O)Cc1ccc(CCC(=O)O)c2c1CNC2)c1ccccc1. The van der Waals surface area contributed by atoms with Crippen LogP contribution in [0.5, 0.6) is 0 Å². The number of nitrogens with zero attached hydrogens (tertiary/aromatic N) is 1. The lowest BCUT2D eigenvalue weighted by Crippen LogP contribution is -2.20. The van der Waals surface area contributed by atoms with Crippen LogP contribution in [0.4, 0.5) is 0 Å². The third-order valence-electron chi connectivity index (χ3n) is 7.13. The van der Waals surface area contributed by atoms with Gasteiger partial charge in [-0.25, -0.2) is 4.98 Å². The molecule has 0 amide bonds. The number of rotatable bonds is 12. The average Bonchev–Trinajstić information content (AvgIpc) is 3.59. The van der Waals surface area contributed by atoms with Gasteiger partial charge in [0.05, 0.1) is 12.3 Å². The minimum Gasteiger partial charge on any atom is -0.481 e. The summed E-state index contributed by atoms with van der Waals surface area (Å²) in [5.74, 6) is 0.489. The smallest absolute Gasteiger partial charge is 0.303 e. The summed E-state index contributed by atoms with van der Waals surface area (Å²) in [6.45, 7) is 3.57. The normalized spacial score (nSPS) is 13.3. The number of carboxylic acid groups (broad SMARTS) is 1. The number of aryl methyl sites for hydroxylation is 2. The molecule has 1 aliphatic heterocycles. The van der Waals surface area contributed by atoms with E-state index in [0.717, 1.165) is 44.8 Å². The molecule has 0 saturated heterocycles. The van der Waals surface area contributed by atoms with Gasteiger partial charge in [0.2, 0.25) is 5.89 Å². The molecule has 0 saturated carbocycles. The molecule has 7 nitrogen and oxygen atoms in total. The van der Waals surface area contributed by atoms with Crippen molar-refractivity contribution in [1.29, 1.82) is 0 Å². The van der Waals surface area contributed by atoms with Crippen molar-refractivity contribution >= 4 is 11.8 Å². The molecule has 0 fully saturated rings. The molecule has 0 spiro atoms. The van der Waals surface area contributed by atoms with Gasteiger partial charge in [-0.15, -0.1) is 0 Å². The van der Waals surface area contributed by atoms with Crippen molar-refractivity contribution in [2.75, 3.05) is 6.61 Å². The van der Waals surface area contributed by atoms with Crippen molar-refractivity contribution in [3.63, 3.8) is 0 Å². The van der Waals surface area contributed by atoms with Gasteiger partial charge in [-0.05, 0) is 53.3 Å².